The van der Waals surface area contributed by atoms with E-state index in [2.05, 4.69) is 26.3 Å². The van der Waals surface area contributed by atoms with Crippen molar-refractivity contribution in [2.75, 3.05) is 25.6 Å². The molecule has 8 aromatic heterocycles. The maximum Gasteiger partial charge on any atom is 0.422 e. The Morgan fingerprint density at radius 1 is 0.753 bits per heavy atom. The summed E-state index contributed by atoms with van der Waals surface area (Å²) in [4.78, 5) is 148. The molecule has 4 atom stereocenters. The summed E-state index contributed by atoms with van der Waals surface area (Å²) >= 11 is 6.91. The Bertz CT molecular complexity index is 4300. The number of Topliss-reactive ketones (excluding diaryl/α,β-unsaturated/α-hetero) is 1. The van der Waals surface area contributed by atoms with Gasteiger partial charge in [-0.1, -0.05) is 44.2 Å². The number of fused-ring (bicyclic) bond motifs is 14. The number of carboxylic acids is 2. The molecule has 1 unspecified atom stereocenters. The number of anilines is 2. The van der Waals surface area contributed by atoms with Gasteiger partial charge in [-0.15, -0.1) is 68.0 Å². The van der Waals surface area contributed by atoms with Crippen molar-refractivity contribution in [2.45, 2.75) is 96.1 Å². The molecule has 10 bridgehead atoms. The van der Waals surface area contributed by atoms with Gasteiger partial charge in [0.1, 0.15) is 77.5 Å². The number of aliphatic hydroxyl groups excluding tert-OH is 1. The number of pyridine rings is 1. The van der Waals surface area contributed by atoms with Crippen molar-refractivity contribution in [3.8, 4) is 43.4 Å². The molecule has 93 heavy (non-hydrogen) atoms. The van der Waals surface area contributed by atoms with E-state index in [0.29, 0.717) is 57.3 Å². The number of hydrogen-bond acceptors (Lipinski definition) is 26. The predicted octanol–water partition coefficient (Wildman–Crippen LogP) is 9.80. The van der Waals surface area contributed by atoms with E-state index in [1.54, 1.807) is 65.5 Å². The summed E-state index contributed by atoms with van der Waals surface area (Å²) in [5.41, 5.74) is 2.21. The van der Waals surface area contributed by atoms with Gasteiger partial charge >= 0.3 is 23.9 Å². The number of aliphatic hydroxyl groups is 1. The van der Waals surface area contributed by atoms with Crippen LogP contribution in [0.3, 0.4) is 0 Å². The molecule has 0 spiro atoms. The zero-order valence-corrected chi connectivity index (χ0v) is 54.8. The summed E-state index contributed by atoms with van der Waals surface area (Å²) < 4.78 is 16.8. The topological polar surface area (TPSA) is 383 Å². The van der Waals surface area contributed by atoms with E-state index in [1.807, 2.05) is 13.8 Å². The summed E-state index contributed by atoms with van der Waals surface area (Å²) in [5, 5.41) is 50.8. The first-order valence-corrected chi connectivity index (χ1v) is 34.0. The van der Waals surface area contributed by atoms with Crippen molar-refractivity contribution in [3.05, 3.63) is 123 Å². The second-order valence-electron chi connectivity index (χ2n) is 21.8. The summed E-state index contributed by atoms with van der Waals surface area (Å²) in [5.74, 6) is -7.53. The molecule has 33 heteroatoms. The number of carbonyl (C=O) groups excluding carboxylic acids is 6. The molecule has 1 aliphatic carbocycles. The summed E-state index contributed by atoms with van der Waals surface area (Å²) in [6, 6.07) is 9.88. The van der Waals surface area contributed by atoms with Crippen LogP contribution >= 0.6 is 68.0 Å². The van der Waals surface area contributed by atoms with Crippen molar-refractivity contribution in [2.24, 2.45) is 11.8 Å². The first-order chi connectivity index (χ1) is 44.7. The number of rotatable bonds is 13. The van der Waals surface area contributed by atoms with Crippen LogP contribution in [0, 0.1) is 18.8 Å². The van der Waals surface area contributed by atoms with E-state index in [9.17, 15) is 53.7 Å². The standard InChI is InChI=1S/C60H57N13O14S6/c1-26(2)32-17-38(74)44-27(3)92-56(71-44)34(18-41(75)61-4)65-49(78)36-23-88-52(67-36)31-15-16-33(54-69-40(25-91-54)73(43-20-63-51(87-43)59(82)83)60(84)86-30-13-11-29(12-14-30)58(80)81)64-45(31)35-22-89-55(66-35)37-24-90-57(68-37)47(48(77)28-9-7-6-8-10-28)70-42(76)19-62-50(79)46-39(21-85-5)93-53(32)72-46/h6-10,15-16,20,22-26,29-30,32,34,47-48,77H,11-14,17-19,21H2,1-5H3,(H,61,75)(H,62,79)(H,65,78)(H,70,76)(H,80,81)(H,82,83)/t29?,30?,32?,34-,47-,48-/m0/s1. The van der Waals surface area contributed by atoms with E-state index in [1.165, 1.54) is 42.2 Å². The van der Waals surface area contributed by atoms with Crippen LogP contribution in [0.1, 0.15) is 149 Å². The normalized spacial score (nSPS) is 18.4. The van der Waals surface area contributed by atoms with Gasteiger partial charge in [0.2, 0.25) is 17.7 Å². The molecule has 1 saturated carbocycles. The van der Waals surface area contributed by atoms with Crippen molar-refractivity contribution in [3.63, 3.8) is 0 Å². The van der Waals surface area contributed by atoms with Gasteiger partial charge in [0.05, 0.1) is 53.3 Å². The third-order valence-corrected chi connectivity index (χ3v) is 21.0. The van der Waals surface area contributed by atoms with Crippen molar-refractivity contribution >= 4 is 127 Å². The number of aromatic carboxylic acids is 1. The molecular formula is C60H57N13O14S6. The number of thiazole rings is 6. The van der Waals surface area contributed by atoms with Gasteiger partial charge in [-0.3, -0.25) is 28.8 Å². The number of hydrogen-bond donors (Lipinski definition) is 7. The molecule has 27 nitrogen and oxygen atoms in total. The highest BCUT2D eigenvalue weighted by atomic mass is 32.1. The molecule has 0 saturated heterocycles. The van der Waals surface area contributed by atoms with Crippen molar-refractivity contribution in [1.82, 2.24) is 61.1 Å². The minimum atomic E-state index is -1.50. The van der Waals surface area contributed by atoms with Gasteiger partial charge in [-0.05, 0) is 56.2 Å². The largest absolute Gasteiger partial charge is 0.481 e. The molecule has 2 aliphatic rings. The van der Waals surface area contributed by atoms with Gasteiger partial charge in [0, 0.05) is 58.5 Å². The molecule has 5 amide bonds. The average molecular weight is 1380 g/mol. The summed E-state index contributed by atoms with van der Waals surface area (Å²) in [6.45, 7) is 5.05. The SMILES string of the molecule is CNC(=O)C[C@@H]1NC(=O)c2csc(n2)-c2ccc(-c3nc(N(C(=O)OC4CCC(C(=O)O)CC4)c4cnc(C(=O)O)o4)cs3)nc2-c2csc(n2)-c2csc(n2)[C@H]([C@@H](O)c2ccccc2)NC(=O)CNC(=O)c2nc(sc2COC)C(C(C)C)CC(=O)c2nc1sc2C. The lowest BCUT2D eigenvalue weighted by molar-refractivity contribution is -0.143. The Labute approximate surface area is 552 Å². The Kier molecular flexibility index (Phi) is 20.1. The van der Waals surface area contributed by atoms with Crippen LogP contribution in [0.25, 0.3) is 43.4 Å². The quantitative estimate of drug-likeness (QED) is 0.0564. The zero-order valence-electron chi connectivity index (χ0n) is 49.9. The Hall–Kier alpha value is -8.96. The summed E-state index contributed by atoms with van der Waals surface area (Å²) in [6.07, 6.45) is -1.17. The van der Waals surface area contributed by atoms with Crippen LogP contribution in [-0.2, 0) is 30.5 Å². The van der Waals surface area contributed by atoms with Crippen LogP contribution in [0.5, 0.6) is 0 Å². The van der Waals surface area contributed by atoms with Gasteiger partial charge in [-0.25, -0.2) is 49.5 Å². The molecule has 1 aliphatic heterocycles. The minimum Gasteiger partial charge on any atom is -0.481 e. The molecule has 11 rings (SSSR count). The maximum atomic E-state index is 14.4. The van der Waals surface area contributed by atoms with E-state index in [-0.39, 0.29) is 102 Å². The maximum absolute atomic E-state index is 14.4. The number of benzene rings is 1. The molecular weight excluding hydrogens is 1320 g/mol. The van der Waals surface area contributed by atoms with Crippen LogP contribution in [0.15, 0.2) is 74.6 Å². The number of carboxylic acid groups (broad SMARTS) is 2. The third-order valence-electron chi connectivity index (χ3n) is 15.2. The van der Waals surface area contributed by atoms with E-state index >= 15 is 0 Å². The number of aryl methyl sites for hydroxylation is 1. The first kappa shape index (κ1) is 65.5. The number of ketones is 1. The highest BCUT2D eigenvalue weighted by Crippen LogP contribution is 2.42. The monoisotopic (exact) mass is 1380 g/mol. The number of nitrogens with zero attached hydrogens (tertiary/aromatic N) is 9. The predicted molar refractivity (Wildman–Crippen MR) is 344 cm³/mol. The molecule has 0 radical (unpaired) electrons. The number of ether oxygens (including phenoxy) is 2. The number of methoxy groups -OCH3 is 1. The lowest BCUT2D eigenvalue weighted by Crippen LogP contribution is -2.40. The van der Waals surface area contributed by atoms with Gasteiger partial charge in [0.25, 0.3) is 11.8 Å². The Morgan fingerprint density at radius 3 is 2.18 bits per heavy atom. The van der Waals surface area contributed by atoms with Crippen LogP contribution in [0.2, 0.25) is 0 Å². The van der Waals surface area contributed by atoms with Crippen LogP contribution < -0.4 is 26.2 Å². The number of carbonyl (C=O) groups is 8. The average Bonchev–Trinajstić information content (AvgIpc) is 1.71. The zero-order chi connectivity index (χ0) is 65.8. The van der Waals surface area contributed by atoms with Crippen molar-refractivity contribution in [1.29, 1.82) is 0 Å². The highest BCUT2D eigenvalue weighted by molar-refractivity contribution is 7.15. The van der Waals surface area contributed by atoms with Gasteiger partial charge < -0.3 is 50.5 Å². The van der Waals surface area contributed by atoms with E-state index in [4.69, 9.17) is 48.8 Å². The van der Waals surface area contributed by atoms with Crippen LogP contribution in [-0.4, -0.2) is 129 Å². The van der Waals surface area contributed by atoms with Gasteiger partial charge in [-0.2, -0.15) is 4.90 Å². The number of aliphatic carboxylic acids is 1. The second-order valence-corrected chi connectivity index (χ2v) is 27.6. The fourth-order valence-corrected chi connectivity index (χ4v) is 15.9. The third kappa shape index (κ3) is 14.6. The number of aromatic nitrogens is 8. The summed E-state index contributed by atoms with van der Waals surface area (Å²) in [7, 11) is 2.93. The Balaban J connectivity index is 0.985. The lowest BCUT2D eigenvalue weighted by atomic mass is 9.87. The fraction of sp³-hybridized carbons (Fsp3) is 0.333. The number of amides is 5. The fourth-order valence-electron chi connectivity index (χ4n) is 10.3. The lowest BCUT2D eigenvalue weighted by Gasteiger charge is -2.27. The molecule has 1 fully saturated rings. The van der Waals surface area contributed by atoms with E-state index in [0.717, 1.165) is 56.4 Å². The van der Waals surface area contributed by atoms with Gasteiger partial charge in [0.15, 0.2) is 11.6 Å². The smallest absolute Gasteiger partial charge is 0.422 e. The number of nitrogens with one attached hydrogen (secondary N) is 4. The minimum absolute atomic E-state index is 0.00546. The second kappa shape index (κ2) is 28.5. The van der Waals surface area contributed by atoms with Crippen LogP contribution in [0.4, 0.5) is 16.5 Å². The first-order valence-electron chi connectivity index (χ1n) is 28.8. The van der Waals surface area contributed by atoms with E-state index < -0.39 is 90.2 Å². The number of oxazole rings is 1. The molecule has 1 aromatic carbocycles. The molecule has 9 aromatic rings. The molecule has 7 N–H and O–H groups in total. The molecule has 482 valence electrons. The Morgan fingerprint density at radius 2 is 1.46 bits per heavy atom. The van der Waals surface area contributed by atoms with Crippen molar-refractivity contribution < 1.29 is 67.6 Å². The molecule has 9 heterocycles. The highest BCUT2D eigenvalue weighted by Gasteiger charge is 2.36.